The van der Waals surface area contributed by atoms with Crippen molar-refractivity contribution in [2.75, 3.05) is 5.32 Å². The van der Waals surface area contributed by atoms with Gasteiger partial charge in [-0.15, -0.1) is 5.10 Å². The van der Waals surface area contributed by atoms with Crippen LogP contribution in [0.1, 0.15) is 12.0 Å². The van der Waals surface area contributed by atoms with Gasteiger partial charge in [0, 0.05) is 6.42 Å². The van der Waals surface area contributed by atoms with Crippen molar-refractivity contribution >= 4 is 22.5 Å². The van der Waals surface area contributed by atoms with Crippen LogP contribution in [0, 0.1) is 12.7 Å². The zero-order valence-electron chi connectivity index (χ0n) is 13.0. The quantitative estimate of drug-likeness (QED) is 0.798. The first-order chi connectivity index (χ1) is 11.5. The summed E-state index contributed by atoms with van der Waals surface area (Å²) in [6.07, 6.45) is -0.0136. The highest BCUT2D eigenvalue weighted by Gasteiger charge is 2.10. The maximum Gasteiger partial charge on any atom is 0.277 e. The highest BCUT2D eigenvalue weighted by Crippen LogP contribution is 2.15. The number of rotatable bonds is 4. The van der Waals surface area contributed by atoms with E-state index in [0.717, 1.165) is 10.2 Å². The van der Waals surface area contributed by atoms with Crippen LogP contribution in [0.4, 0.5) is 10.1 Å². The van der Waals surface area contributed by atoms with Gasteiger partial charge in [0.15, 0.2) is 0 Å². The van der Waals surface area contributed by atoms with E-state index in [0.29, 0.717) is 10.9 Å². The molecule has 0 aliphatic heterocycles. The van der Waals surface area contributed by atoms with Crippen LogP contribution in [-0.4, -0.2) is 20.9 Å². The van der Waals surface area contributed by atoms with Crippen LogP contribution >= 0.6 is 0 Å². The maximum atomic E-state index is 13.6. The van der Waals surface area contributed by atoms with E-state index in [2.05, 4.69) is 15.6 Å². The van der Waals surface area contributed by atoms with Crippen LogP contribution in [0.5, 0.6) is 0 Å². The molecule has 3 aromatic rings. The summed E-state index contributed by atoms with van der Waals surface area (Å²) in [6, 6.07) is 11.3. The lowest BCUT2D eigenvalue weighted by Crippen LogP contribution is -2.26. The number of fused-ring (bicyclic) bond motifs is 1. The lowest BCUT2D eigenvalue weighted by Gasteiger charge is -2.08. The van der Waals surface area contributed by atoms with Crippen molar-refractivity contribution in [3.8, 4) is 0 Å². The molecule has 122 valence electrons. The second-order valence-corrected chi connectivity index (χ2v) is 5.42. The number of anilines is 1. The molecule has 24 heavy (non-hydrogen) atoms. The van der Waals surface area contributed by atoms with Gasteiger partial charge in [0.1, 0.15) is 11.3 Å². The molecule has 0 aliphatic rings. The Labute approximate surface area is 136 Å². The van der Waals surface area contributed by atoms with Crippen LogP contribution in [0.25, 0.3) is 10.9 Å². The molecule has 2 aromatic carbocycles. The van der Waals surface area contributed by atoms with E-state index in [4.69, 9.17) is 0 Å². The molecule has 0 saturated carbocycles. The van der Waals surface area contributed by atoms with Gasteiger partial charge >= 0.3 is 0 Å². The summed E-state index contributed by atoms with van der Waals surface area (Å²) in [5.41, 5.74) is 1.15. The Bertz CT molecular complexity index is 968. The number of halogens is 1. The maximum absolute atomic E-state index is 13.6. The third-order valence-corrected chi connectivity index (χ3v) is 3.58. The second-order valence-electron chi connectivity index (χ2n) is 5.42. The largest absolute Gasteiger partial charge is 0.324 e. The molecule has 0 unspecified atom stereocenters. The highest BCUT2D eigenvalue weighted by atomic mass is 19.1. The standard InChI is InChI=1S/C17H15FN4O2/c1-11-6-7-13(18)15(10-11)19-16(23)8-9-22-17(24)12-4-2-3-5-14(12)20-21-22/h2-7,10H,8-9H2,1H3,(H,19,23). The van der Waals surface area contributed by atoms with E-state index < -0.39 is 11.7 Å². The number of amides is 1. The fourth-order valence-electron chi connectivity index (χ4n) is 2.32. The number of aryl methyl sites for hydroxylation is 2. The van der Waals surface area contributed by atoms with Crippen LogP contribution in [0.2, 0.25) is 0 Å². The fraction of sp³-hybridized carbons (Fsp3) is 0.176. The number of nitrogens with one attached hydrogen (secondary N) is 1. The molecule has 0 bridgehead atoms. The van der Waals surface area contributed by atoms with E-state index in [9.17, 15) is 14.0 Å². The SMILES string of the molecule is Cc1ccc(F)c(NC(=O)CCn2nnc3ccccc3c2=O)c1. The Morgan fingerprint density at radius 1 is 1.25 bits per heavy atom. The van der Waals surface area contributed by atoms with Gasteiger partial charge in [-0.05, 0) is 36.8 Å². The summed E-state index contributed by atoms with van der Waals surface area (Å²) in [5, 5.41) is 10.7. The van der Waals surface area contributed by atoms with Crippen molar-refractivity contribution < 1.29 is 9.18 Å². The lowest BCUT2D eigenvalue weighted by atomic mass is 10.2. The Morgan fingerprint density at radius 2 is 2.04 bits per heavy atom. The average Bonchev–Trinajstić information content (AvgIpc) is 2.58. The van der Waals surface area contributed by atoms with Crippen LogP contribution in [0.3, 0.4) is 0 Å². The lowest BCUT2D eigenvalue weighted by molar-refractivity contribution is -0.116. The minimum Gasteiger partial charge on any atom is -0.324 e. The number of carbonyl (C=O) groups is 1. The Kier molecular flexibility index (Phi) is 4.33. The summed E-state index contributed by atoms with van der Waals surface area (Å²) in [5.74, 6) is -0.905. The van der Waals surface area contributed by atoms with Gasteiger partial charge in [-0.3, -0.25) is 9.59 Å². The topological polar surface area (TPSA) is 76.9 Å². The molecule has 0 saturated heterocycles. The number of carbonyl (C=O) groups excluding carboxylic acids is 1. The van der Waals surface area contributed by atoms with Crippen molar-refractivity contribution in [2.45, 2.75) is 19.9 Å². The predicted molar refractivity (Wildman–Crippen MR) is 88.2 cm³/mol. The van der Waals surface area contributed by atoms with E-state index >= 15 is 0 Å². The summed E-state index contributed by atoms with van der Waals surface area (Å²) < 4.78 is 14.8. The number of aromatic nitrogens is 3. The summed E-state index contributed by atoms with van der Waals surface area (Å²) in [4.78, 5) is 24.2. The van der Waals surface area contributed by atoms with E-state index in [-0.39, 0.29) is 24.2 Å². The molecule has 0 aliphatic carbocycles. The minimum atomic E-state index is -0.503. The monoisotopic (exact) mass is 326 g/mol. The molecule has 0 radical (unpaired) electrons. The zero-order valence-corrected chi connectivity index (χ0v) is 13.0. The minimum absolute atomic E-state index is 0.0136. The molecular weight excluding hydrogens is 311 g/mol. The van der Waals surface area contributed by atoms with Crippen molar-refractivity contribution in [1.29, 1.82) is 0 Å². The number of nitrogens with zero attached hydrogens (tertiary/aromatic N) is 3. The van der Waals surface area contributed by atoms with Gasteiger partial charge in [0.25, 0.3) is 5.56 Å². The Balaban J connectivity index is 1.71. The van der Waals surface area contributed by atoms with Crippen molar-refractivity contribution in [2.24, 2.45) is 0 Å². The second kappa shape index (κ2) is 6.57. The number of benzene rings is 2. The summed E-state index contributed by atoms with van der Waals surface area (Å²) >= 11 is 0. The summed E-state index contributed by atoms with van der Waals surface area (Å²) in [6.45, 7) is 1.87. The smallest absolute Gasteiger partial charge is 0.277 e. The van der Waals surface area contributed by atoms with Gasteiger partial charge in [-0.25, -0.2) is 9.07 Å². The molecule has 1 amide bonds. The van der Waals surface area contributed by atoms with Crippen molar-refractivity contribution in [1.82, 2.24) is 15.0 Å². The van der Waals surface area contributed by atoms with E-state index in [1.54, 1.807) is 43.3 Å². The third kappa shape index (κ3) is 3.29. The normalized spacial score (nSPS) is 10.8. The average molecular weight is 326 g/mol. The van der Waals surface area contributed by atoms with Crippen LogP contribution in [-0.2, 0) is 11.3 Å². The molecule has 0 spiro atoms. The Hall–Kier alpha value is -3.09. The van der Waals surface area contributed by atoms with E-state index in [1.807, 2.05) is 0 Å². The zero-order chi connectivity index (χ0) is 17.1. The molecule has 7 heteroatoms. The van der Waals surface area contributed by atoms with Gasteiger partial charge in [-0.2, -0.15) is 0 Å². The Morgan fingerprint density at radius 3 is 2.88 bits per heavy atom. The third-order valence-electron chi connectivity index (χ3n) is 3.58. The molecule has 0 fully saturated rings. The first-order valence-corrected chi connectivity index (χ1v) is 7.43. The molecule has 1 N–H and O–H groups in total. The van der Waals surface area contributed by atoms with Crippen LogP contribution < -0.4 is 10.9 Å². The molecule has 3 rings (SSSR count). The highest BCUT2D eigenvalue weighted by molar-refractivity contribution is 5.90. The molecule has 0 atom stereocenters. The van der Waals surface area contributed by atoms with Crippen LogP contribution in [0.15, 0.2) is 47.3 Å². The first-order valence-electron chi connectivity index (χ1n) is 7.43. The molecule has 1 aromatic heterocycles. The fourth-order valence-corrected chi connectivity index (χ4v) is 2.32. The van der Waals surface area contributed by atoms with E-state index in [1.165, 1.54) is 6.07 Å². The molecule has 1 heterocycles. The molecular formula is C17H15FN4O2. The molecule has 6 nitrogen and oxygen atoms in total. The van der Waals surface area contributed by atoms with Gasteiger partial charge in [-0.1, -0.05) is 23.4 Å². The predicted octanol–water partition coefficient (Wildman–Crippen LogP) is 2.27. The van der Waals surface area contributed by atoms with Crippen molar-refractivity contribution in [3.63, 3.8) is 0 Å². The van der Waals surface area contributed by atoms with Gasteiger partial charge in [0.05, 0.1) is 17.6 Å². The first kappa shape index (κ1) is 15.8. The summed E-state index contributed by atoms with van der Waals surface area (Å²) in [7, 11) is 0. The van der Waals surface area contributed by atoms with Gasteiger partial charge in [0.2, 0.25) is 5.91 Å². The number of hydrogen-bond donors (Lipinski definition) is 1. The van der Waals surface area contributed by atoms with Crippen molar-refractivity contribution in [3.05, 3.63) is 64.2 Å². The number of hydrogen-bond acceptors (Lipinski definition) is 4. The van der Waals surface area contributed by atoms with Gasteiger partial charge < -0.3 is 5.32 Å².